The van der Waals surface area contributed by atoms with Gasteiger partial charge in [-0.25, -0.2) is 0 Å². The number of fused-ring (bicyclic) bond motifs is 3. The monoisotopic (exact) mass is 347 g/mol. The molecule has 2 aromatic rings. The molecule has 4 heterocycles. The van der Waals surface area contributed by atoms with Gasteiger partial charge in [-0.1, -0.05) is 5.92 Å². The molecule has 0 spiro atoms. The van der Waals surface area contributed by atoms with E-state index < -0.39 is 0 Å². The van der Waals surface area contributed by atoms with E-state index in [0.29, 0.717) is 17.2 Å². The Labute approximate surface area is 152 Å². The van der Waals surface area contributed by atoms with Gasteiger partial charge in [0.15, 0.2) is 0 Å². The number of aromatic nitrogens is 1. The first-order valence-electron chi connectivity index (χ1n) is 8.97. The van der Waals surface area contributed by atoms with Crippen molar-refractivity contribution in [2.75, 3.05) is 19.6 Å². The first-order chi connectivity index (χ1) is 12.6. The third-order valence-corrected chi connectivity index (χ3v) is 5.46. The van der Waals surface area contributed by atoms with Crippen LogP contribution in [0, 0.1) is 18.3 Å². The van der Waals surface area contributed by atoms with Crippen LogP contribution in [0.15, 0.2) is 47.4 Å². The fraction of sp³-hybridized carbons (Fsp3) is 0.333. The van der Waals surface area contributed by atoms with E-state index in [9.17, 15) is 9.59 Å². The molecule has 3 fully saturated rings. The highest BCUT2D eigenvalue weighted by atomic mass is 16.2. The summed E-state index contributed by atoms with van der Waals surface area (Å²) in [6.45, 7) is 3.19. The van der Waals surface area contributed by atoms with Crippen LogP contribution < -0.4 is 10.9 Å². The average Bonchev–Trinajstić information content (AvgIpc) is 2.69. The molecule has 2 bridgehead atoms. The van der Waals surface area contributed by atoms with Gasteiger partial charge in [-0.2, -0.15) is 0 Å². The number of amides is 1. The van der Waals surface area contributed by atoms with E-state index in [1.165, 1.54) is 10.6 Å². The van der Waals surface area contributed by atoms with Crippen LogP contribution in [-0.2, 0) is 0 Å². The van der Waals surface area contributed by atoms with Gasteiger partial charge >= 0.3 is 0 Å². The molecule has 1 amide bonds. The molecule has 1 N–H and O–H groups in total. The van der Waals surface area contributed by atoms with Crippen molar-refractivity contribution < 1.29 is 4.79 Å². The Morgan fingerprint density at radius 1 is 1.12 bits per heavy atom. The van der Waals surface area contributed by atoms with E-state index in [0.717, 1.165) is 38.0 Å². The minimum absolute atomic E-state index is 0.127. The van der Waals surface area contributed by atoms with Crippen molar-refractivity contribution in [1.82, 2.24) is 14.8 Å². The SMILES string of the molecule is C#Cc1ccc(-n2cc(C(=O)NC3CN4CCC3CC4)ccc2=O)cc1. The molecule has 0 radical (unpaired) electrons. The summed E-state index contributed by atoms with van der Waals surface area (Å²) < 4.78 is 1.48. The fourth-order valence-corrected chi connectivity index (χ4v) is 3.92. The summed E-state index contributed by atoms with van der Waals surface area (Å²) in [4.78, 5) is 27.3. The Hall–Kier alpha value is -2.84. The summed E-state index contributed by atoms with van der Waals surface area (Å²) in [6.07, 6.45) is 9.26. The summed E-state index contributed by atoms with van der Waals surface area (Å²) in [5.41, 5.74) is 1.74. The van der Waals surface area contributed by atoms with Gasteiger partial charge in [-0.3, -0.25) is 14.2 Å². The molecule has 0 saturated carbocycles. The quantitative estimate of drug-likeness (QED) is 0.859. The van der Waals surface area contributed by atoms with E-state index >= 15 is 0 Å². The van der Waals surface area contributed by atoms with E-state index in [1.54, 1.807) is 36.5 Å². The molecule has 1 unspecified atom stereocenters. The molecule has 3 saturated heterocycles. The molecule has 26 heavy (non-hydrogen) atoms. The second kappa shape index (κ2) is 6.81. The molecule has 3 aliphatic rings. The fourth-order valence-electron chi connectivity index (χ4n) is 3.92. The maximum absolute atomic E-state index is 12.7. The molecule has 5 rings (SSSR count). The maximum atomic E-state index is 12.7. The van der Waals surface area contributed by atoms with Gasteiger partial charge in [0, 0.05) is 36.1 Å². The summed E-state index contributed by atoms with van der Waals surface area (Å²) in [6, 6.07) is 10.3. The lowest BCUT2D eigenvalue weighted by Gasteiger charge is -2.44. The third-order valence-electron chi connectivity index (χ3n) is 5.46. The molecule has 132 valence electrons. The minimum Gasteiger partial charge on any atom is -0.348 e. The van der Waals surface area contributed by atoms with E-state index in [1.807, 2.05) is 0 Å². The zero-order valence-electron chi connectivity index (χ0n) is 14.5. The first-order valence-corrected chi connectivity index (χ1v) is 8.97. The number of hydrogen-bond donors (Lipinski definition) is 1. The number of terminal acetylenes is 1. The lowest BCUT2D eigenvalue weighted by atomic mass is 9.84. The van der Waals surface area contributed by atoms with Crippen LogP contribution in [-0.4, -0.2) is 41.1 Å². The van der Waals surface area contributed by atoms with E-state index in [2.05, 4.69) is 16.1 Å². The Balaban J connectivity index is 1.56. The second-order valence-electron chi connectivity index (χ2n) is 7.04. The third kappa shape index (κ3) is 3.16. The number of pyridine rings is 1. The van der Waals surface area contributed by atoms with Crippen molar-refractivity contribution in [2.24, 2.45) is 5.92 Å². The number of rotatable bonds is 3. The standard InChI is InChI=1S/C21H21N3O2/c1-2-15-3-6-18(7-4-15)24-13-17(5-8-20(24)25)21(26)22-19-14-23-11-9-16(19)10-12-23/h1,3-8,13,16,19H,9-12,14H2,(H,22,26). The van der Waals surface area contributed by atoms with E-state index in [4.69, 9.17) is 6.42 Å². The zero-order valence-corrected chi connectivity index (χ0v) is 14.5. The van der Waals surface area contributed by atoms with Crippen molar-refractivity contribution >= 4 is 5.91 Å². The number of carbonyl (C=O) groups excluding carboxylic acids is 1. The van der Waals surface area contributed by atoms with Crippen molar-refractivity contribution in [3.63, 3.8) is 0 Å². The second-order valence-corrected chi connectivity index (χ2v) is 7.04. The molecule has 5 nitrogen and oxygen atoms in total. The highest BCUT2D eigenvalue weighted by Crippen LogP contribution is 2.27. The molecule has 1 aromatic carbocycles. The predicted molar refractivity (Wildman–Crippen MR) is 100 cm³/mol. The lowest BCUT2D eigenvalue weighted by molar-refractivity contribution is 0.0620. The molecule has 0 aliphatic carbocycles. The average molecular weight is 347 g/mol. The molecule has 5 heteroatoms. The van der Waals surface area contributed by atoms with Crippen LogP contribution in [0.25, 0.3) is 5.69 Å². The number of carbonyl (C=O) groups is 1. The Morgan fingerprint density at radius 3 is 2.46 bits per heavy atom. The maximum Gasteiger partial charge on any atom is 0.255 e. The molecule has 1 atom stereocenters. The number of hydrogen-bond acceptors (Lipinski definition) is 3. The van der Waals surface area contributed by atoms with Gasteiger partial charge in [0.1, 0.15) is 0 Å². The van der Waals surface area contributed by atoms with Crippen LogP contribution in [0.5, 0.6) is 0 Å². The summed E-state index contributed by atoms with van der Waals surface area (Å²) in [7, 11) is 0. The van der Waals surface area contributed by atoms with Gasteiger partial charge in [0.05, 0.1) is 5.56 Å². The van der Waals surface area contributed by atoms with E-state index in [-0.39, 0.29) is 17.5 Å². The van der Waals surface area contributed by atoms with Gasteiger partial charge < -0.3 is 10.2 Å². The largest absolute Gasteiger partial charge is 0.348 e. The summed E-state index contributed by atoms with van der Waals surface area (Å²) in [5.74, 6) is 2.99. The summed E-state index contributed by atoms with van der Waals surface area (Å²) in [5, 5.41) is 3.16. The van der Waals surface area contributed by atoms with Gasteiger partial charge in [0.25, 0.3) is 11.5 Å². The number of nitrogens with one attached hydrogen (secondary N) is 1. The Kier molecular flexibility index (Phi) is 4.36. The molecular formula is C21H21N3O2. The molecule has 3 aliphatic heterocycles. The Morgan fingerprint density at radius 2 is 1.85 bits per heavy atom. The van der Waals surface area contributed by atoms with Gasteiger partial charge in [0.2, 0.25) is 0 Å². The number of nitrogens with zero attached hydrogens (tertiary/aromatic N) is 2. The summed E-state index contributed by atoms with van der Waals surface area (Å²) >= 11 is 0. The van der Waals surface area contributed by atoms with Crippen molar-refractivity contribution in [1.29, 1.82) is 0 Å². The number of benzene rings is 1. The predicted octanol–water partition coefficient (Wildman–Crippen LogP) is 1.64. The minimum atomic E-state index is -0.183. The zero-order chi connectivity index (χ0) is 18.1. The highest BCUT2D eigenvalue weighted by molar-refractivity contribution is 5.94. The number of piperidine rings is 3. The van der Waals surface area contributed by atoms with Crippen LogP contribution >= 0.6 is 0 Å². The van der Waals surface area contributed by atoms with Crippen molar-refractivity contribution in [3.8, 4) is 18.0 Å². The van der Waals surface area contributed by atoms with Crippen LogP contribution in [0.4, 0.5) is 0 Å². The van der Waals surface area contributed by atoms with Crippen LogP contribution in [0.1, 0.15) is 28.8 Å². The molecule has 1 aromatic heterocycles. The highest BCUT2D eigenvalue weighted by Gasteiger charge is 2.34. The molecular weight excluding hydrogens is 326 g/mol. The smallest absolute Gasteiger partial charge is 0.255 e. The van der Waals surface area contributed by atoms with Crippen molar-refractivity contribution in [3.05, 3.63) is 64.1 Å². The Bertz CT molecular complexity index is 916. The normalized spacial score (nSPS) is 24.0. The van der Waals surface area contributed by atoms with Gasteiger partial charge in [-0.05, 0) is 62.2 Å². The van der Waals surface area contributed by atoms with Crippen molar-refractivity contribution in [2.45, 2.75) is 18.9 Å². The van der Waals surface area contributed by atoms with Gasteiger partial charge in [-0.15, -0.1) is 6.42 Å². The van der Waals surface area contributed by atoms with Crippen LogP contribution in [0.2, 0.25) is 0 Å². The lowest BCUT2D eigenvalue weighted by Crippen LogP contribution is -2.57. The first kappa shape index (κ1) is 16.6. The topological polar surface area (TPSA) is 54.3 Å². The van der Waals surface area contributed by atoms with Crippen LogP contribution in [0.3, 0.4) is 0 Å².